The second-order valence-corrected chi connectivity index (χ2v) is 11.6. The number of ether oxygens (including phenoxy) is 3. The first-order chi connectivity index (χ1) is 16.4. The smallest absolute Gasteiger partial charge is 0.246 e. The molecule has 0 unspecified atom stereocenters. The standard InChI is InChI=1S/C31H54O3Si/c1-25(2)13-10-16-28(7)19-22-32-31(35,33-23-20-29(8)17-11-14-26(3)4)34-24-21-30(9)18-12-15-27(5)6/h13-15,19-21H,10-12,16-18,22-24H2,1-9,35H3. The number of hydrogen-bond donors (Lipinski definition) is 0. The van der Waals surface area contributed by atoms with Crippen LogP contribution in [0.1, 0.15) is 101 Å². The monoisotopic (exact) mass is 502 g/mol. The molecule has 0 aliphatic heterocycles. The van der Waals surface area contributed by atoms with Gasteiger partial charge in [0, 0.05) is 0 Å². The third kappa shape index (κ3) is 21.5. The average molecular weight is 503 g/mol. The number of hydrogen-bond acceptors (Lipinski definition) is 3. The van der Waals surface area contributed by atoms with Crippen LogP contribution in [0.5, 0.6) is 0 Å². The minimum Gasteiger partial charge on any atom is -0.328 e. The highest BCUT2D eigenvalue weighted by molar-refractivity contribution is 6.12. The number of allylic oxidation sites excluding steroid dienone is 9. The summed E-state index contributed by atoms with van der Waals surface area (Å²) in [6, 6.07) is 0. The van der Waals surface area contributed by atoms with Crippen molar-refractivity contribution in [2.24, 2.45) is 0 Å². The Labute approximate surface area is 220 Å². The van der Waals surface area contributed by atoms with Crippen LogP contribution in [0.2, 0.25) is 0 Å². The lowest BCUT2D eigenvalue weighted by Crippen LogP contribution is -2.40. The van der Waals surface area contributed by atoms with Gasteiger partial charge in [0.15, 0.2) is 0 Å². The predicted octanol–water partition coefficient (Wildman–Crippen LogP) is 8.09. The highest BCUT2D eigenvalue weighted by Crippen LogP contribution is 2.16. The Bertz CT molecular complexity index is 666. The molecule has 0 rings (SSSR count). The van der Waals surface area contributed by atoms with Crippen molar-refractivity contribution in [3.8, 4) is 0 Å². The Kier molecular flexibility index (Phi) is 18.9. The quantitative estimate of drug-likeness (QED) is 0.108. The van der Waals surface area contributed by atoms with E-state index in [9.17, 15) is 0 Å². The summed E-state index contributed by atoms with van der Waals surface area (Å²) in [7, 11) is 0.617. The van der Waals surface area contributed by atoms with Crippen LogP contribution in [0.15, 0.2) is 69.9 Å². The molecule has 35 heavy (non-hydrogen) atoms. The van der Waals surface area contributed by atoms with Crippen LogP contribution in [-0.2, 0) is 14.2 Å². The predicted molar refractivity (Wildman–Crippen MR) is 158 cm³/mol. The summed E-state index contributed by atoms with van der Waals surface area (Å²) in [5.41, 5.74) is 7.13. The van der Waals surface area contributed by atoms with Gasteiger partial charge in [0.25, 0.3) is 0 Å². The van der Waals surface area contributed by atoms with Crippen LogP contribution in [0.3, 0.4) is 0 Å². The summed E-state index contributed by atoms with van der Waals surface area (Å²) in [4.78, 5) is 0. The molecule has 0 atom stereocenters. The summed E-state index contributed by atoms with van der Waals surface area (Å²) >= 11 is 0. The fraction of sp³-hybridized carbons (Fsp3) is 0.613. The zero-order chi connectivity index (χ0) is 26.7. The molecule has 0 aliphatic rings. The molecule has 0 aromatic heterocycles. The molecule has 0 radical (unpaired) electrons. The van der Waals surface area contributed by atoms with Gasteiger partial charge in [-0.15, -0.1) is 0 Å². The molecule has 0 saturated heterocycles. The molecule has 200 valence electrons. The minimum atomic E-state index is -0.954. The first-order valence-electron chi connectivity index (χ1n) is 13.2. The summed E-state index contributed by atoms with van der Waals surface area (Å²) in [5, 5.41) is 0. The Morgan fingerprint density at radius 3 is 0.971 bits per heavy atom. The van der Waals surface area contributed by atoms with Crippen molar-refractivity contribution < 1.29 is 14.2 Å². The van der Waals surface area contributed by atoms with Crippen molar-refractivity contribution in [2.75, 3.05) is 19.8 Å². The van der Waals surface area contributed by atoms with Crippen LogP contribution in [0, 0.1) is 0 Å². The van der Waals surface area contributed by atoms with Gasteiger partial charge in [-0.2, -0.15) is 0 Å². The maximum atomic E-state index is 6.16. The molecule has 0 saturated carbocycles. The van der Waals surface area contributed by atoms with Gasteiger partial charge >= 0.3 is 0 Å². The van der Waals surface area contributed by atoms with Gasteiger partial charge in [0.05, 0.1) is 19.8 Å². The van der Waals surface area contributed by atoms with Crippen molar-refractivity contribution >= 4 is 10.2 Å². The van der Waals surface area contributed by atoms with Crippen molar-refractivity contribution in [3.05, 3.63) is 69.9 Å². The van der Waals surface area contributed by atoms with Crippen LogP contribution >= 0.6 is 0 Å². The molecule has 4 heteroatoms. The summed E-state index contributed by atoms with van der Waals surface area (Å²) < 4.78 is 18.5. The van der Waals surface area contributed by atoms with Crippen molar-refractivity contribution in [1.29, 1.82) is 0 Å². The lowest BCUT2D eigenvalue weighted by Gasteiger charge is -2.29. The van der Waals surface area contributed by atoms with Gasteiger partial charge in [-0.05, 0) is 101 Å². The lowest BCUT2D eigenvalue weighted by atomic mass is 10.1. The Balaban J connectivity index is 5.00. The first kappa shape index (κ1) is 33.5. The van der Waals surface area contributed by atoms with E-state index in [0.717, 1.165) is 38.5 Å². The van der Waals surface area contributed by atoms with Gasteiger partial charge < -0.3 is 14.2 Å². The van der Waals surface area contributed by atoms with E-state index in [4.69, 9.17) is 14.2 Å². The molecule has 0 aliphatic carbocycles. The van der Waals surface area contributed by atoms with Gasteiger partial charge in [0.1, 0.15) is 10.2 Å². The van der Waals surface area contributed by atoms with E-state index in [1.807, 2.05) is 0 Å². The van der Waals surface area contributed by atoms with Crippen LogP contribution in [0.4, 0.5) is 0 Å². The van der Waals surface area contributed by atoms with E-state index in [2.05, 4.69) is 98.8 Å². The Morgan fingerprint density at radius 2 is 0.743 bits per heavy atom. The molecule has 0 heterocycles. The van der Waals surface area contributed by atoms with Gasteiger partial charge in [0.2, 0.25) is 5.60 Å². The SMILES string of the molecule is CC(C)=CCCC(C)=CCOC([SiH3])(OCC=C(C)CCC=C(C)C)OCC=C(C)CCC=C(C)C. The van der Waals surface area contributed by atoms with E-state index in [1.165, 1.54) is 33.4 Å². The highest BCUT2D eigenvalue weighted by atomic mass is 28.1. The van der Waals surface area contributed by atoms with Crippen molar-refractivity contribution in [1.82, 2.24) is 0 Å². The van der Waals surface area contributed by atoms with Crippen molar-refractivity contribution in [3.63, 3.8) is 0 Å². The largest absolute Gasteiger partial charge is 0.328 e. The Hall–Kier alpha value is -1.46. The molecule has 0 spiro atoms. The fourth-order valence-corrected chi connectivity index (χ4v) is 3.70. The molecule has 0 aromatic rings. The molecule has 0 amide bonds. The normalized spacial score (nSPS) is 14.5. The Morgan fingerprint density at radius 1 is 0.486 bits per heavy atom. The van der Waals surface area contributed by atoms with E-state index in [-0.39, 0.29) is 0 Å². The fourth-order valence-electron chi connectivity index (χ4n) is 3.20. The zero-order valence-corrected chi connectivity index (χ0v) is 26.6. The van der Waals surface area contributed by atoms with Crippen LogP contribution < -0.4 is 0 Å². The zero-order valence-electron chi connectivity index (χ0n) is 24.6. The molecule has 3 nitrogen and oxygen atoms in total. The molecule has 0 bridgehead atoms. The average Bonchev–Trinajstić information content (AvgIpc) is 2.73. The van der Waals surface area contributed by atoms with Gasteiger partial charge in [-0.1, -0.05) is 69.9 Å². The third-order valence-corrected chi connectivity index (χ3v) is 6.47. The van der Waals surface area contributed by atoms with Crippen LogP contribution in [-0.4, -0.2) is 35.7 Å². The molecule has 0 fully saturated rings. The van der Waals surface area contributed by atoms with Gasteiger partial charge in [-0.25, -0.2) is 0 Å². The van der Waals surface area contributed by atoms with E-state index in [0.29, 0.717) is 30.1 Å². The molecular formula is C31H54O3Si. The molecule has 0 aromatic carbocycles. The van der Waals surface area contributed by atoms with Gasteiger partial charge in [-0.3, -0.25) is 0 Å². The summed E-state index contributed by atoms with van der Waals surface area (Å²) in [6.07, 6.45) is 19.6. The summed E-state index contributed by atoms with van der Waals surface area (Å²) in [5.74, 6) is 0. The van der Waals surface area contributed by atoms with E-state index < -0.39 is 5.60 Å². The second kappa shape index (κ2) is 19.7. The molecule has 0 N–H and O–H groups in total. The minimum absolute atomic E-state index is 0.497. The maximum Gasteiger partial charge on any atom is 0.246 e. The third-order valence-electron chi connectivity index (χ3n) is 5.61. The lowest BCUT2D eigenvalue weighted by molar-refractivity contribution is -0.313. The second-order valence-electron chi connectivity index (χ2n) is 10.4. The van der Waals surface area contributed by atoms with E-state index in [1.54, 1.807) is 0 Å². The van der Waals surface area contributed by atoms with Crippen molar-refractivity contribution in [2.45, 2.75) is 106 Å². The van der Waals surface area contributed by atoms with Crippen LogP contribution in [0.25, 0.3) is 0 Å². The summed E-state index contributed by atoms with van der Waals surface area (Å²) in [6.45, 7) is 20.8. The highest BCUT2D eigenvalue weighted by Gasteiger charge is 2.25. The topological polar surface area (TPSA) is 27.7 Å². The first-order valence-corrected chi connectivity index (χ1v) is 14.2. The molecular weight excluding hydrogens is 448 g/mol. The van der Waals surface area contributed by atoms with E-state index >= 15 is 0 Å². The number of rotatable bonds is 18. The maximum absolute atomic E-state index is 6.16.